The quantitative estimate of drug-likeness (QED) is 0.873. The number of thiophene rings is 1. The summed E-state index contributed by atoms with van der Waals surface area (Å²) in [5, 5.41) is 5.24. The lowest BCUT2D eigenvalue weighted by atomic mass is 10.2. The Balaban J connectivity index is 2.04. The molecule has 4 nitrogen and oxygen atoms in total. The van der Waals surface area contributed by atoms with Crippen LogP contribution in [0.5, 0.6) is 11.5 Å². The Morgan fingerprint density at radius 2 is 2.05 bits per heavy atom. The van der Waals surface area contributed by atoms with Crippen molar-refractivity contribution in [1.29, 1.82) is 0 Å². The fourth-order valence-corrected chi connectivity index (χ4v) is 2.81. The van der Waals surface area contributed by atoms with E-state index in [0.29, 0.717) is 28.6 Å². The Kier molecular flexibility index (Phi) is 5.47. The van der Waals surface area contributed by atoms with Gasteiger partial charge in [0.05, 0.1) is 24.9 Å². The van der Waals surface area contributed by atoms with Gasteiger partial charge in [-0.3, -0.25) is 4.79 Å². The van der Waals surface area contributed by atoms with Gasteiger partial charge in [0.2, 0.25) is 5.91 Å². The Labute approximate surface area is 132 Å². The number of ether oxygens (including phenoxy) is 2. The van der Waals surface area contributed by atoms with E-state index in [1.54, 1.807) is 23.5 Å². The van der Waals surface area contributed by atoms with Gasteiger partial charge < -0.3 is 14.8 Å². The Morgan fingerprint density at radius 3 is 2.67 bits per heavy atom. The maximum atomic E-state index is 12.0. The minimum absolute atomic E-state index is 0.0806. The molecule has 0 aliphatic carbocycles. The van der Waals surface area contributed by atoms with Gasteiger partial charge in [-0.05, 0) is 23.9 Å². The molecule has 0 spiro atoms. The summed E-state index contributed by atoms with van der Waals surface area (Å²) in [5.74, 6) is 0.939. The van der Waals surface area contributed by atoms with Crippen molar-refractivity contribution in [3.63, 3.8) is 0 Å². The third-order valence-electron chi connectivity index (χ3n) is 2.93. The molecule has 0 radical (unpaired) electrons. The van der Waals surface area contributed by atoms with Crippen molar-refractivity contribution < 1.29 is 14.3 Å². The second-order valence-electron chi connectivity index (χ2n) is 4.31. The summed E-state index contributed by atoms with van der Waals surface area (Å²) in [6, 6.07) is 7.27. The van der Waals surface area contributed by atoms with Crippen molar-refractivity contribution in [2.75, 3.05) is 19.5 Å². The van der Waals surface area contributed by atoms with Gasteiger partial charge in [0.15, 0.2) is 0 Å². The van der Waals surface area contributed by atoms with Crippen LogP contribution in [0.1, 0.15) is 11.3 Å². The van der Waals surface area contributed by atoms with Crippen molar-refractivity contribution in [3.8, 4) is 11.5 Å². The molecule has 0 aliphatic heterocycles. The minimum atomic E-state index is -0.0806. The van der Waals surface area contributed by atoms with E-state index in [-0.39, 0.29) is 5.91 Å². The summed E-state index contributed by atoms with van der Waals surface area (Å²) in [7, 11) is 3.06. The number of nitrogens with one attached hydrogen (secondary N) is 1. The van der Waals surface area contributed by atoms with E-state index in [9.17, 15) is 4.79 Å². The van der Waals surface area contributed by atoms with Crippen molar-refractivity contribution in [2.24, 2.45) is 0 Å². The van der Waals surface area contributed by atoms with Crippen molar-refractivity contribution in [3.05, 3.63) is 39.5 Å². The molecule has 0 bridgehead atoms. The van der Waals surface area contributed by atoms with Crippen LogP contribution >= 0.6 is 22.9 Å². The molecular weight excluding hydrogens is 310 g/mol. The number of hydrogen-bond acceptors (Lipinski definition) is 4. The standard InChI is InChI=1S/C15H16ClNO3S/c1-19-13-9-14(20-2)12(8-11(13)16)17-15(18)6-5-10-4-3-7-21-10/h3-4,7-9H,5-6H2,1-2H3,(H,17,18). The highest BCUT2D eigenvalue weighted by molar-refractivity contribution is 7.09. The fourth-order valence-electron chi connectivity index (χ4n) is 1.86. The summed E-state index contributed by atoms with van der Waals surface area (Å²) in [6.45, 7) is 0. The summed E-state index contributed by atoms with van der Waals surface area (Å²) in [6.07, 6.45) is 1.13. The zero-order valence-corrected chi connectivity index (χ0v) is 13.4. The summed E-state index contributed by atoms with van der Waals surface area (Å²) < 4.78 is 10.4. The molecular formula is C15H16ClNO3S. The average Bonchev–Trinajstić information content (AvgIpc) is 2.99. The van der Waals surface area contributed by atoms with Crippen molar-refractivity contribution >= 4 is 34.5 Å². The number of amides is 1. The van der Waals surface area contributed by atoms with Crippen molar-refractivity contribution in [1.82, 2.24) is 0 Å². The lowest BCUT2D eigenvalue weighted by molar-refractivity contribution is -0.116. The summed E-state index contributed by atoms with van der Waals surface area (Å²) in [4.78, 5) is 13.2. The Hall–Kier alpha value is -1.72. The number of benzene rings is 1. The van der Waals surface area contributed by atoms with Crippen LogP contribution in [0.4, 0.5) is 5.69 Å². The van der Waals surface area contributed by atoms with E-state index in [0.717, 1.165) is 6.42 Å². The zero-order valence-electron chi connectivity index (χ0n) is 11.8. The molecule has 0 saturated carbocycles. The van der Waals surface area contributed by atoms with Gasteiger partial charge in [-0.25, -0.2) is 0 Å². The number of carbonyl (C=O) groups excluding carboxylic acids is 1. The molecule has 1 N–H and O–H groups in total. The number of aryl methyl sites for hydroxylation is 1. The fraction of sp³-hybridized carbons (Fsp3) is 0.267. The molecule has 0 atom stereocenters. The smallest absolute Gasteiger partial charge is 0.224 e. The van der Waals surface area contributed by atoms with Crippen LogP contribution in [0.2, 0.25) is 5.02 Å². The van der Waals surface area contributed by atoms with Crippen LogP contribution in [0.15, 0.2) is 29.6 Å². The molecule has 2 aromatic rings. The van der Waals surface area contributed by atoms with Crippen LogP contribution in [0.25, 0.3) is 0 Å². The van der Waals surface area contributed by atoms with Crippen LogP contribution in [-0.2, 0) is 11.2 Å². The molecule has 2 rings (SSSR count). The monoisotopic (exact) mass is 325 g/mol. The van der Waals surface area contributed by atoms with Gasteiger partial charge in [-0.15, -0.1) is 11.3 Å². The second kappa shape index (κ2) is 7.33. The SMILES string of the molecule is COc1cc(OC)c(NC(=O)CCc2cccs2)cc1Cl. The third kappa shape index (κ3) is 4.12. The first-order valence-corrected chi connectivity index (χ1v) is 7.63. The van der Waals surface area contributed by atoms with Crippen molar-refractivity contribution in [2.45, 2.75) is 12.8 Å². The van der Waals surface area contributed by atoms with Gasteiger partial charge in [0, 0.05) is 17.4 Å². The molecule has 21 heavy (non-hydrogen) atoms. The van der Waals surface area contributed by atoms with E-state index in [1.165, 1.54) is 19.1 Å². The first kappa shape index (κ1) is 15.7. The molecule has 1 aromatic heterocycles. The lowest BCUT2D eigenvalue weighted by Gasteiger charge is -2.13. The van der Waals surface area contributed by atoms with Gasteiger partial charge in [-0.1, -0.05) is 17.7 Å². The Morgan fingerprint density at radius 1 is 1.29 bits per heavy atom. The third-order valence-corrected chi connectivity index (χ3v) is 4.16. The number of carbonyl (C=O) groups is 1. The summed E-state index contributed by atoms with van der Waals surface area (Å²) in [5.41, 5.74) is 0.541. The van der Waals surface area contributed by atoms with E-state index in [2.05, 4.69) is 5.32 Å². The highest BCUT2D eigenvalue weighted by Gasteiger charge is 2.12. The molecule has 1 amide bonds. The van der Waals surface area contributed by atoms with E-state index in [1.807, 2.05) is 17.5 Å². The lowest BCUT2D eigenvalue weighted by Crippen LogP contribution is -2.13. The molecule has 1 heterocycles. The van der Waals surface area contributed by atoms with Gasteiger partial charge in [0.1, 0.15) is 11.5 Å². The number of anilines is 1. The molecule has 0 fully saturated rings. The molecule has 6 heteroatoms. The normalized spacial score (nSPS) is 10.2. The molecule has 0 saturated heterocycles. The largest absolute Gasteiger partial charge is 0.495 e. The maximum absolute atomic E-state index is 12.0. The number of methoxy groups -OCH3 is 2. The van der Waals surface area contributed by atoms with Gasteiger partial charge in [-0.2, -0.15) is 0 Å². The number of hydrogen-bond donors (Lipinski definition) is 1. The Bertz CT molecular complexity index is 614. The highest BCUT2D eigenvalue weighted by Crippen LogP contribution is 2.35. The van der Waals surface area contributed by atoms with Crippen LogP contribution in [0, 0.1) is 0 Å². The maximum Gasteiger partial charge on any atom is 0.224 e. The zero-order chi connectivity index (χ0) is 15.2. The van der Waals surface area contributed by atoms with Gasteiger partial charge >= 0.3 is 0 Å². The highest BCUT2D eigenvalue weighted by atomic mass is 35.5. The molecule has 112 valence electrons. The average molecular weight is 326 g/mol. The molecule has 1 aromatic carbocycles. The second-order valence-corrected chi connectivity index (χ2v) is 5.75. The minimum Gasteiger partial charge on any atom is -0.495 e. The number of rotatable bonds is 6. The summed E-state index contributed by atoms with van der Waals surface area (Å²) >= 11 is 7.71. The van der Waals surface area contributed by atoms with Crippen LogP contribution < -0.4 is 14.8 Å². The molecule has 0 aliphatic rings. The topological polar surface area (TPSA) is 47.6 Å². The number of halogens is 1. The van der Waals surface area contributed by atoms with Crippen LogP contribution in [0.3, 0.4) is 0 Å². The predicted octanol–water partition coefficient (Wildman–Crippen LogP) is 3.99. The van der Waals surface area contributed by atoms with Gasteiger partial charge in [0.25, 0.3) is 0 Å². The molecule has 0 unspecified atom stereocenters. The van der Waals surface area contributed by atoms with E-state index < -0.39 is 0 Å². The van der Waals surface area contributed by atoms with Crippen LogP contribution in [-0.4, -0.2) is 20.1 Å². The first-order valence-electron chi connectivity index (χ1n) is 6.37. The van der Waals surface area contributed by atoms with E-state index in [4.69, 9.17) is 21.1 Å². The van der Waals surface area contributed by atoms with E-state index >= 15 is 0 Å². The first-order chi connectivity index (χ1) is 10.1. The predicted molar refractivity (Wildman–Crippen MR) is 85.8 cm³/mol.